The van der Waals surface area contributed by atoms with Crippen LogP contribution in [0.3, 0.4) is 0 Å². The summed E-state index contributed by atoms with van der Waals surface area (Å²) in [6, 6.07) is 0. The predicted octanol–water partition coefficient (Wildman–Crippen LogP) is 0.897. The van der Waals surface area contributed by atoms with Crippen LogP contribution in [0.4, 0.5) is 0 Å². The first-order chi connectivity index (χ1) is 7.75. The average Bonchev–Trinajstić information content (AvgIpc) is 2.84. The highest BCUT2D eigenvalue weighted by Gasteiger charge is 2.14. The summed E-state index contributed by atoms with van der Waals surface area (Å²) in [5.74, 6) is 0.718. The van der Waals surface area contributed by atoms with Crippen LogP contribution >= 0.6 is 0 Å². The zero-order valence-electron chi connectivity index (χ0n) is 10.2. The molecular formula is C12H21N3O. The summed E-state index contributed by atoms with van der Waals surface area (Å²) in [7, 11) is 1.97. The zero-order chi connectivity index (χ0) is 11.4. The number of hydrogen-bond acceptors (Lipinski definition) is 3. The van der Waals surface area contributed by atoms with Crippen LogP contribution < -0.4 is 5.32 Å². The van der Waals surface area contributed by atoms with Crippen molar-refractivity contribution in [2.75, 3.05) is 26.3 Å². The van der Waals surface area contributed by atoms with Crippen LogP contribution in [0.2, 0.25) is 0 Å². The number of nitrogens with one attached hydrogen (secondary N) is 1. The molecule has 4 nitrogen and oxygen atoms in total. The van der Waals surface area contributed by atoms with E-state index in [2.05, 4.69) is 23.5 Å². The van der Waals surface area contributed by atoms with Gasteiger partial charge in [-0.25, -0.2) is 0 Å². The van der Waals surface area contributed by atoms with Gasteiger partial charge in [-0.05, 0) is 37.8 Å². The fourth-order valence-corrected chi connectivity index (χ4v) is 2.17. The van der Waals surface area contributed by atoms with Crippen LogP contribution in [-0.4, -0.2) is 36.1 Å². The molecule has 1 unspecified atom stereocenters. The molecule has 16 heavy (non-hydrogen) atoms. The van der Waals surface area contributed by atoms with Crippen molar-refractivity contribution in [3.8, 4) is 0 Å². The van der Waals surface area contributed by atoms with Crippen LogP contribution in [0, 0.1) is 12.8 Å². The lowest BCUT2D eigenvalue weighted by atomic mass is 10.1. The van der Waals surface area contributed by atoms with Gasteiger partial charge in [-0.15, -0.1) is 0 Å². The molecule has 1 aromatic rings. The van der Waals surface area contributed by atoms with Gasteiger partial charge in [0.15, 0.2) is 0 Å². The Morgan fingerprint density at radius 1 is 1.62 bits per heavy atom. The molecule has 1 aromatic heterocycles. The van der Waals surface area contributed by atoms with Gasteiger partial charge in [0, 0.05) is 26.4 Å². The number of hydrogen-bond donors (Lipinski definition) is 1. The summed E-state index contributed by atoms with van der Waals surface area (Å²) < 4.78 is 7.23. The van der Waals surface area contributed by atoms with E-state index in [1.54, 1.807) is 0 Å². The Balaban J connectivity index is 1.65. The summed E-state index contributed by atoms with van der Waals surface area (Å²) in [5.41, 5.74) is 2.49. The Hall–Kier alpha value is -0.870. The van der Waals surface area contributed by atoms with E-state index in [-0.39, 0.29) is 0 Å². The monoisotopic (exact) mass is 223 g/mol. The largest absolute Gasteiger partial charge is 0.381 e. The molecule has 90 valence electrons. The summed E-state index contributed by atoms with van der Waals surface area (Å²) in [6.07, 6.45) is 4.38. The molecule has 1 fully saturated rings. The van der Waals surface area contributed by atoms with E-state index in [1.807, 2.05) is 11.7 Å². The number of aryl methyl sites for hydroxylation is 2. The van der Waals surface area contributed by atoms with Crippen molar-refractivity contribution in [3.05, 3.63) is 17.5 Å². The van der Waals surface area contributed by atoms with Gasteiger partial charge >= 0.3 is 0 Å². The molecule has 1 aliphatic heterocycles. The Morgan fingerprint density at radius 2 is 2.50 bits per heavy atom. The summed E-state index contributed by atoms with van der Waals surface area (Å²) >= 11 is 0. The van der Waals surface area contributed by atoms with Gasteiger partial charge < -0.3 is 10.1 Å². The van der Waals surface area contributed by atoms with Crippen LogP contribution in [0.1, 0.15) is 17.7 Å². The van der Waals surface area contributed by atoms with Crippen LogP contribution in [0.25, 0.3) is 0 Å². The standard InChI is InChI=1S/C12H21N3O/c1-10-12(8-15(2)14-10)3-5-13-7-11-4-6-16-9-11/h8,11,13H,3-7,9H2,1-2H3. The van der Waals surface area contributed by atoms with E-state index in [0.717, 1.165) is 44.3 Å². The van der Waals surface area contributed by atoms with Gasteiger partial charge in [-0.2, -0.15) is 5.10 Å². The van der Waals surface area contributed by atoms with Crippen molar-refractivity contribution in [3.63, 3.8) is 0 Å². The molecule has 1 saturated heterocycles. The second-order valence-electron chi connectivity index (χ2n) is 4.60. The van der Waals surface area contributed by atoms with Crippen molar-refractivity contribution in [2.45, 2.75) is 19.8 Å². The van der Waals surface area contributed by atoms with E-state index in [1.165, 1.54) is 12.0 Å². The van der Waals surface area contributed by atoms with Gasteiger partial charge in [0.1, 0.15) is 0 Å². The summed E-state index contributed by atoms with van der Waals surface area (Å²) in [4.78, 5) is 0. The third-order valence-corrected chi connectivity index (χ3v) is 3.14. The molecular weight excluding hydrogens is 202 g/mol. The summed E-state index contributed by atoms with van der Waals surface area (Å²) in [5, 5.41) is 7.83. The van der Waals surface area contributed by atoms with Gasteiger partial charge in [-0.3, -0.25) is 4.68 Å². The summed E-state index contributed by atoms with van der Waals surface area (Å²) in [6.45, 7) is 6.05. The third-order valence-electron chi connectivity index (χ3n) is 3.14. The molecule has 0 saturated carbocycles. The molecule has 0 aromatic carbocycles. The fourth-order valence-electron chi connectivity index (χ4n) is 2.17. The molecule has 2 rings (SSSR count). The molecule has 0 spiro atoms. The Labute approximate surface area is 97.0 Å². The van der Waals surface area contributed by atoms with Crippen molar-refractivity contribution < 1.29 is 4.74 Å². The Bertz CT molecular complexity index is 329. The minimum absolute atomic E-state index is 0.718. The fraction of sp³-hybridized carbons (Fsp3) is 0.750. The molecule has 1 atom stereocenters. The maximum Gasteiger partial charge on any atom is 0.0626 e. The molecule has 0 aliphatic carbocycles. The van der Waals surface area contributed by atoms with Crippen molar-refractivity contribution in [1.82, 2.24) is 15.1 Å². The Kier molecular flexibility index (Phi) is 3.96. The number of ether oxygens (including phenoxy) is 1. The van der Waals surface area contributed by atoms with E-state index in [9.17, 15) is 0 Å². The number of nitrogens with zero attached hydrogens (tertiary/aromatic N) is 2. The average molecular weight is 223 g/mol. The van der Waals surface area contributed by atoms with Crippen LogP contribution in [0.15, 0.2) is 6.20 Å². The maximum atomic E-state index is 5.34. The molecule has 0 bridgehead atoms. The number of rotatable bonds is 5. The molecule has 4 heteroatoms. The predicted molar refractivity (Wildman–Crippen MR) is 63.4 cm³/mol. The van der Waals surface area contributed by atoms with E-state index in [4.69, 9.17) is 4.74 Å². The molecule has 2 heterocycles. The third kappa shape index (κ3) is 3.06. The van der Waals surface area contributed by atoms with Crippen molar-refractivity contribution in [2.24, 2.45) is 13.0 Å². The van der Waals surface area contributed by atoms with Gasteiger partial charge in [-0.1, -0.05) is 0 Å². The SMILES string of the molecule is Cc1nn(C)cc1CCNCC1CCOC1. The van der Waals surface area contributed by atoms with E-state index in [0.29, 0.717) is 0 Å². The molecule has 1 aliphatic rings. The highest BCUT2D eigenvalue weighted by atomic mass is 16.5. The van der Waals surface area contributed by atoms with Crippen molar-refractivity contribution in [1.29, 1.82) is 0 Å². The lowest BCUT2D eigenvalue weighted by molar-refractivity contribution is 0.185. The van der Waals surface area contributed by atoms with Gasteiger partial charge in [0.2, 0.25) is 0 Å². The van der Waals surface area contributed by atoms with E-state index >= 15 is 0 Å². The quantitative estimate of drug-likeness (QED) is 0.754. The second-order valence-corrected chi connectivity index (χ2v) is 4.60. The minimum atomic E-state index is 0.718. The van der Waals surface area contributed by atoms with Crippen LogP contribution in [0.5, 0.6) is 0 Å². The number of aromatic nitrogens is 2. The molecule has 0 radical (unpaired) electrons. The van der Waals surface area contributed by atoms with Crippen LogP contribution in [-0.2, 0) is 18.2 Å². The minimum Gasteiger partial charge on any atom is -0.381 e. The first kappa shape index (κ1) is 11.6. The van der Waals surface area contributed by atoms with E-state index < -0.39 is 0 Å². The lowest BCUT2D eigenvalue weighted by Crippen LogP contribution is -2.25. The molecule has 0 amide bonds. The Morgan fingerprint density at radius 3 is 3.12 bits per heavy atom. The maximum absolute atomic E-state index is 5.34. The highest BCUT2D eigenvalue weighted by Crippen LogP contribution is 2.10. The lowest BCUT2D eigenvalue weighted by Gasteiger charge is -2.08. The second kappa shape index (κ2) is 5.46. The van der Waals surface area contributed by atoms with Crippen molar-refractivity contribution >= 4 is 0 Å². The normalized spacial score (nSPS) is 20.5. The van der Waals surface area contributed by atoms with Gasteiger partial charge in [0.25, 0.3) is 0 Å². The van der Waals surface area contributed by atoms with Gasteiger partial charge in [0.05, 0.1) is 12.3 Å². The zero-order valence-corrected chi connectivity index (χ0v) is 10.2. The molecule has 1 N–H and O–H groups in total. The first-order valence-corrected chi connectivity index (χ1v) is 6.03. The smallest absolute Gasteiger partial charge is 0.0626 e. The topological polar surface area (TPSA) is 39.1 Å². The first-order valence-electron chi connectivity index (χ1n) is 6.03. The highest BCUT2D eigenvalue weighted by molar-refractivity contribution is 5.15.